The van der Waals surface area contributed by atoms with Gasteiger partial charge >= 0.3 is 11.9 Å². The van der Waals surface area contributed by atoms with Crippen LogP contribution >= 0.6 is 0 Å². The normalized spacial score (nSPS) is 13.3. The number of rotatable bonds is 6. The number of nitrogens with zero attached hydrogens (tertiary/aromatic N) is 9. The molecule has 0 spiro atoms. The highest BCUT2D eigenvalue weighted by Crippen LogP contribution is 2.20. The first kappa shape index (κ1) is 26.7. The van der Waals surface area contributed by atoms with Crippen LogP contribution in [0.2, 0.25) is 0 Å². The Morgan fingerprint density at radius 3 is 2.68 bits per heavy atom. The summed E-state index contributed by atoms with van der Waals surface area (Å²) in [5, 5.41) is 11.5. The summed E-state index contributed by atoms with van der Waals surface area (Å²) < 4.78 is 41.4. The number of alkyl halides is 3. The van der Waals surface area contributed by atoms with Gasteiger partial charge in [0.2, 0.25) is 11.7 Å². The van der Waals surface area contributed by atoms with Gasteiger partial charge in [0.1, 0.15) is 12.6 Å². The minimum atomic E-state index is -4.78. The molecule has 0 saturated carbocycles. The minimum absolute atomic E-state index is 0.0253. The molecule has 0 fully saturated rings. The van der Waals surface area contributed by atoms with Crippen LogP contribution in [0.5, 0.6) is 0 Å². The number of halogens is 3. The SMILES string of the molecule is C=NC(=N/C=C(\C)c1cncc(NC(=O)[C@H](C)n2cnc3c2c(=O)n(CC#N)c(=O)n3C)n1)C(F)(F)F. The van der Waals surface area contributed by atoms with Crippen molar-refractivity contribution in [2.75, 3.05) is 5.32 Å². The molecular formula is C21H19F3N10O3. The molecule has 0 unspecified atom stereocenters. The predicted molar refractivity (Wildman–Crippen MR) is 127 cm³/mol. The van der Waals surface area contributed by atoms with Crippen LogP contribution in [0.25, 0.3) is 16.7 Å². The van der Waals surface area contributed by atoms with Gasteiger partial charge in [0, 0.05) is 13.2 Å². The molecule has 1 N–H and O–H groups in total. The Morgan fingerprint density at radius 1 is 1.35 bits per heavy atom. The van der Waals surface area contributed by atoms with Crippen molar-refractivity contribution in [2.45, 2.75) is 32.6 Å². The summed E-state index contributed by atoms with van der Waals surface area (Å²) in [5.41, 5.74) is -1.23. The fraction of sp³-hybridized carbons (Fsp3) is 0.286. The molecule has 3 aromatic rings. The van der Waals surface area contributed by atoms with Crippen LogP contribution in [0, 0.1) is 11.3 Å². The highest BCUT2D eigenvalue weighted by atomic mass is 19.4. The van der Waals surface area contributed by atoms with Crippen LogP contribution < -0.4 is 16.6 Å². The monoisotopic (exact) mass is 516 g/mol. The zero-order valence-corrected chi connectivity index (χ0v) is 19.7. The van der Waals surface area contributed by atoms with Gasteiger partial charge in [0.05, 0.1) is 30.5 Å². The molecule has 0 aliphatic rings. The number of carbonyl (C=O) groups is 1. The number of allylic oxidation sites excluding steroid dienone is 1. The van der Waals surface area contributed by atoms with Crippen LogP contribution in [0.3, 0.4) is 0 Å². The fourth-order valence-electron chi connectivity index (χ4n) is 3.19. The molecule has 0 radical (unpaired) electrons. The maximum atomic E-state index is 12.9. The summed E-state index contributed by atoms with van der Waals surface area (Å²) in [7, 11) is 1.38. The quantitative estimate of drug-likeness (QED) is 0.382. The summed E-state index contributed by atoms with van der Waals surface area (Å²) in [6.45, 7) is 5.26. The molecule has 37 heavy (non-hydrogen) atoms. The van der Waals surface area contributed by atoms with Gasteiger partial charge in [-0.05, 0) is 26.1 Å². The van der Waals surface area contributed by atoms with E-state index in [9.17, 15) is 27.6 Å². The molecule has 3 heterocycles. The van der Waals surface area contributed by atoms with Gasteiger partial charge in [0.25, 0.3) is 5.56 Å². The fourth-order valence-corrected chi connectivity index (χ4v) is 3.19. The van der Waals surface area contributed by atoms with Gasteiger partial charge in [0.15, 0.2) is 17.0 Å². The second-order valence-corrected chi connectivity index (χ2v) is 7.59. The molecular weight excluding hydrogens is 497 g/mol. The first-order chi connectivity index (χ1) is 17.4. The number of imidazole rings is 1. The van der Waals surface area contributed by atoms with Crippen molar-refractivity contribution in [1.29, 1.82) is 5.26 Å². The number of carbonyl (C=O) groups excluding carboxylic acids is 1. The van der Waals surface area contributed by atoms with Crippen LogP contribution in [0.1, 0.15) is 25.6 Å². The van der Waals surface area contributed by atoms with Crippen molar-refractivity contribution in [2.24, 2.45) is 17.0 Å². The second-order valence-electron chi connectivity index (χ2n) is 7.59. The number of amides is 1. The van der Waals surface area contributed by atoms with E-state index in [1.54, 1.807) is 6.07 Å². The lowest BCUT2D eigenvalue weighted by molar-refractivity contribution is -0.118. The first-order valence-corrected chi connectivity index (χ1v) is 10.4. The minimum Gasteiger partial charge on any atom is -0.312 e. The van der Waals surface area contributed by atoms with Crippen LogP contribution in [-0.4, -0.2) is 53.3 Å². The highest BCUT2D eigenvalue weighted by molar-refractivity contribution is 5.94. The molecule has 3 rings (SSSR count). The van der Waals surface area contributed by atoms with E-state index >= 15 is 0 Å². The Morgan fingerprint density at radius 2 is 2.05 bits per heavy atom. The van der Waals surface area contributed by atoms with Crippen molar-refractivity contribution in [3.63, 3.8) is 0 Å². The summed E-state index contributed by atoms with van der Waals surface area (Å²) in [6.07, 6.45) is -0.198. The standard InChI is InChI=1S/C21H19F3N10O3/c1-11(7-28-19(26-3)21(22,23)24)13-8-27-9-14(30-13)31-17(35)12(2)34-10-29-16-15(34)18(36)33(6-5-25)20(37)32(16)4/h7-10,12H,3,6H2,1-2,4H3,(H,30,31,35)/b11-7+,28-19?/t12-/m0/s1. The van der Waals surface area contributed by atoms with E-state index < -0.39 is 41.8 Å². The molecule has 0 saturated heterocycles. The van der Waals surface area contributed by atoms with Gasteiger partial charge in [-0.2, -0.15) is 18.4 Å². The molecule has 0 bridgehead atoms. The lowest BCUT2D eigenvalue weighted by Gasteiger charge is -2.15. The maximum Gasteiger partial charge on any atom is 0.451 e. The van der Waals surface area contributed by atoms with Crippen molar-refractivity contribution < 1.29 is 18.0 Å². The zero-order chi connectivity index (χ0) is 27.5. The predicted octanol–water partition coefficient (Wildman–Crippen LogP) is 1.43. The number of fused-ring (bicyclic) bond motifs is 1. The van der Waals surface area contributed by atoms with E-state index in [0.717, 1.165) is 15.3 Å². The summed E-state index contributed by atoms with van der Waals surface area (Å²) in [6, 6.07) is 0.720. The Labute approximate surface area is 206 Å². The largest absolute Gasteiger partial charge is 0.451 e. The van der Waals surface area contributed by atoms with Gasteiger partial charge < -0.3 is 9.88 Å². The third-order valence-electron chi connectivity index (χ3n) is 5.16. The number of aryl methyl sites for hydroxylation is 1. The van der Waals surface area contributed by atoms with Gasteiger partial charge in [-0.15, -0.1) is 0 Å². The molecule has 1 atom stereocenters. The number of anilines is 1. The second kappa shape index (κ2) is 10.4. The molecule has 0 aliphatic heterocycles. The molecule has 0 aliphatic carbocycles. The Balaban J connectivity index is 1.91. The van der Waals surface area contributed by atoms with Gasteiger partial charge in [-0.1, -0.05) is 0 Å². The first-order valence-electron chi connectivity index (χ1n) is 10.4. The number of nitriles is 1. The van der Waals surface area contributed by atoms with E-state index in [2.05, 4.69) is 37.0 Å². The summed E-state index contributed by atoms with van der Waals surface area (Å²) in [4.78, 5) is 56.4. The molecule has 1 amide bonds. The number of nitrogens with one attached hydrogen (secondary N) is 1. The number of hydrogen-bond donors (Lipinski definition) is 1. The van der Waals surface area contributed by atoms with E-state index in [1.165, 1.54) is 44.2 Å². The topological polar surface area (TPSA) is 165 Å². The van der Waals surface area contributed by atoms with Gasteiger partial charge in [-0.25, -0.2) is 29.3 Å². The van der Waals surface area contributed by atoms with Crippen molar-refractivity contribution in [3.8, 4) is 6.07 Å². The molecule has 13 nitrogen and oxygen atoms in total. The van der Waals surface area contributed by atoms with Crippen molar-refractivity contribution in [3.05, 3.63) is 51.5 Å². The zero-order valence-electron chi connectivity index (χ0n) is 19.7. The lowest BCUT2D eigenvalue weighted by Crippen LogP contribution is -2.40. The van der Waals surface area contributed by atoms with Crippen LogP contribution in [-0.2, 0) is 18.4 Å². The summed E-state index contributed by atoms with van der Waals surface area (Å²) >= 11 is 0. The molecule has 0 aromatic carbocycles. The Kier molecular flexibility index (Phi) is 7.46. The van der Waals surface area contributed by atoms with E-state index in [0.29, 0.717) is 0 Å². The maximum absolute atomic E-state index is 12.9. The average Bonchev–Trinajstić information content (AvgIpc) is 3.30. The number of amidine groups is 1. The van der Waals surface area contributed by atoms with E-state index in [4.69, 9.17) is 5.26 Å². The smallest absolute Gasteiger partial charge is 0.312 e. The molecule has 192 valence electrons. The third kappa shape index (κ3) is 5.34. The summed E-state index contributed by atoms with van der Waals surface area (Å²) in [5.74, 6) is -2.10. The van der Waals surface area contributed by atoms with Crippen molar-refractivity contribution >= 4 is 41.0 Å². The highest BCUT2D eigenvalue weighted by Gasteiger charge is 2.35. The van der Waals surface area contributed by atoms with Crippen LogP contribution in [0.4, 0.5) is 19.0 Å². The number of aliphatic imine (C=N–C) groups is 2. The number of aromatic nitrogens is 6. The average molecular weight is 516 g/mol. The Hall–Kier alpha value is -4.94. The lowest BCUT2D eigenvalue weighted by atomic mass is 10.2. The number of hydrogen-bond acceptors (Lipinski definition) is 8. The van der Waals surface area contributed by atoms with E-state index in [-0.39, 0.29) is 28.2 Å². The van der Waals surface area contributed by atoms with E-state index in [1.807, 2.05) is 0 Å². The Bertz CT molecular complexity index is 1600. The third-order valence-corrected chi connectivity index (χ3v) is 5.16. The molecule has 3 aromatic heterocycles. The van der Waals surface area contributed by atoms with Crippen molar-refractivity contribution in [1.82, 2.24) is 28.7 Å². The van der Waals surface area contributed by atoms with Crippen LogP contribution in [0.15, 0.2) is 44.5 Å². The molecule has 16 heteroatoms. The van der Waals surface area contributed by atoms with Gasteiger partial charge in [-0.3, -0.25) is 19.1 Å².